The molecule has 0 radical (unpaired) electrons. The quantitative estimate of drug-likeness (QED) is 0.518. The number of allylic oxidation sites excluding steroid dienone is 4. The first-order valence-electron chi connectivity index (χ1n) is 12.5. The van der Waals surface area contributed by atoms with Crippen LogP contribution >= 0.6 is 0 Å². The van der Waals surface area contributed by atoms with Crippen molar-refractivity contribution in [2.24, 2.45) is 0 Å². The van der Waals surface area contributed by atoms with Crippen molar-refractivity contribution in [3.05, 3.63) is 71.5 Å². The molecule has 1 aliphatic heterocycles. The minimum atomic E-state index is -1.05. The Morgan fingerprint density at radius 2 is 1.87 bits per heavy atom. The second kappa shape index (κ2) is 11.6. The molecule has 202 valence electrons. The lowest BCUT2D eigenvalue weighted by Gasteiger charge is -2.34. The number of ether oxygens (including phenoxy) is 2. The van der Waals surface area contributed by atoms with Gasteiger partial charge in [0.05, 0.1) is 17.6 Å². The van der Waals surface area contributed by atoms with Gasteiger partial charge >= 0.3 is 6.09 Å². The zero-order valence-electron chi connectivity index (χ0n) is 21.6. The number of rotatable bonds is 6. The lowest BCUT2D eigenvalue weighted by atomic mass is 10.1. The zero-order valence-corrected chi connectivity index (χ0v) is 21.6. The molecule has 1 fully saturated rings. The van der Waals surface area contributed by atoms with E-state index in [1.807, 2.05) is 32.9 Å². The third-order valence-corrected chi connectivity index (χ3v) is 5.88. The van der Waals surface area contributed by atoms with E-state index in [4.69, 9.17) is 9.47 Å². The highest BCUT2D eigenvalue weighted by molar-refractivity contribution is 6.04. The molecule has 3 heterocycles. The lowest BCUT2D eigenvalue weighted by Crippen LogP contribution is -2.43. The smallest absolute Gasteiger partial charge is 0.410 e. The Morgan fingerprint density at radius 3 is 2.53 bits per heavy atom. The summed E-state index contributed by atoms with van der Waals surface area (Å²) in [5.74, 6) is -1.50. The second-order valence-corrected chi connectivity index (χ2v) is 10.1. The Kier molecular flexibility index (Phi) is 8.23. The van der Waals surface area contributed by atoms with Gasteiger partial charge in [0.15, 0.2) is 17.3 Å². The predicted octanol–water partition coefficient (Wildman–Crippen LogP) is 5.40. The number of nitrogens with one attached hydrogen (secondary N) is 2. The molecule has 9 nitrogen and oxygen atoms in total. The van der Waals surface area contributed by atoms with E-state index in [2.05, 4.69) is 20.6 Å². The Balaban J connectivity index is 1.32. The highest BCUT2D eigenvalue weighted by Gasteiger charge is 2.28. The molecule has 0 aromatic carbocycles. The number of halogens is 2. The molecule has 2 aromatic rings. The van der Waals surface area contributed by atoms with Gasteiger partial charge in [0, 0.05) is 50.3 Å². The number of hydrogen-bond donors (Lipinski definition) is 2. The van der Waals surface area contributed by atoms with Crippen molar-refractivity contribution in [1.82, 2.24) is 14.9 Å². The van der Waals surface area contributed by atoms with Gasteiger partial charge in [0.25, 0.3) is 5.91 Å². The number of nitrogens with zero attached hydrogens (tertiary/aromatic N) is 3. The summed E-state index contributed by atoms with van der Waals surface area (Å²) in [7, 11) is 0. The molecule has 11 heteroatoms. The second-order valence-electron chi connectivity index (χ2n) is 10.1. The summed E-state index contributed by atoms with van der Waals surface area (Å²) in [6.45, 7) is 6.72. The number of piperidine rings is 1. The Bertz CT molecular complexity index is 1250. The van der Waals surface area contributed by atoms with Crippen LogP contribution in [0, 0.1) is 11.6 Å². The van der Waals surface area contributed by atoms with Crippen LogP contribution in [0.3, 0.4) is 0 Å². The Labute approximate surface area is 219 Å². The van der Waals surface area contributed by atoms with Crippen LogP contribution in [0.25, 0.3) is 0 Å². The van der Waals surface area contributed by atoms with Gasteiger partial charge < -0.3 is 25.0 Å². The molecule has 0 unspecified atom stereocenters. The number of likely N-dealkylation sites (tertiary alicyclic amines) is 1. The normalized spacial score (nSPS) is 16.3. The van der Waals surface area contributed by atoms with Gasteiger partial charge in [-0.05, 0) is 51.5 Å². The van der Waals surface area contributed by atoms with Gasteiger partial charge in [0.2, 0.25) is 0 Å². The van der Waals surface area contributed by atoms with Gasteiger partial charge in [-0.25, -0.2) is 23.5 Å². The third-order valence-electron chi connectivity index (χ3n) is 5.88. The first-order valence-corrected chi connectivity index (χ1v) is 12.5. The number of anilines is 2. The largest absolute Gasteiger partial charge is 0.495 e. The van der Waals surface area contributed by atoms with Crippen molar-refractivity contribution < 1.29 is 27.8 Å². The Morgan fingerprint density at radius 1 is 1.11 bits per heavy atom. The van der Waals surface area contributed by atoms with Crippen molar-refractivity contribution in [2.75, 3.05) is 23.7 Å². The molecule has 1 aliphatic carbocycles. The summed E-state index contributed by atoms with van der Waals surface area (Å²) >= 11 is 0. The van der Waals surface area contributed by atoms with Crippen molar-refractivity contribution in [3.8, 4) is 0 Å². The van der Waals surface area contributed by atoms with Crippen molar-refractivity contribution in [3.63, 3.8) is 0 Å². The Hall–Kier alpha value is -4.02. The molecule has 2 aliphatic rings. The molecule has 0 spiro atoms. The van der Waals surface area contributed by atoms with E-state index in [1.54, 1.807) is 23.2 Å². The average Bonchev–Trinajstić information content (AvgIpc) is 2.86. The summed E-state index contributed by atoms with van der Waals surface area (Å²) in [6.07, 6.45) is 8.64. The highest BCUT2D eigenvalue weighted by Crippen LogP contribution is 2.27. The van der Waals surface area contributed by atoms with Crippen molar-refractivity contribution >= 4 is 23.5 Å². The zero-order chi connectivity index (χ0) is 27.3. The van der Waals surface area contributed by atoms with E-state index >= 15 is 0 Å². The molecule has 2 amide bonds. The predicted molar refractivity (Wildman–Crippen MR) is 137 cm³/mol. The van der Waals surface area contributed by atoms with Crippen LogP contribution < -0.4 is 10.6 Å². The monoisotopic (exact) mass is 527 g/mol. The number of hydrogen-bond acceptors (Lipinski definition) is 7. The summed E-state index contributed by atoms with van der Waals surface area (Å²) < 4.78 is 38.7. The van der Waals surface area contributed by atoms with Crippen molar-refractivity contribution in [1.29, 1.82) is 0 Å². The molecule has 2 aromatic heterocycles. The highest BCUT2D eigenvalue weighted by atomic mass is 19.1. The van der Waals surface area contributed by atoms with Crippen molar-refractivity contribution in [2.45, 2.75) is 58.2 Å². The van der Waals surface area contributed by atoms with E-state index in [-0.39, 0.29) is 12.2 Å². The molecule has 1 saturated heterocycles. The van der Waals surface area contributed by atoms with Gasteiger partial charge in [0.1, 0.15) is 17.5 Å². The molecule has 38 heavy (non-hydrogen) atoms. The maximum absolute atomic E-state index is 14.0. The van der Waals surface area contributed by atoms with Gasteiger partial charge in [-0.1, -0.05) is 0 Å². The van der Waals surface area contributed by atoms with Gasteiger partial charge in [-0.3, -0.25) is 4.79 Å². The summed E-state index contributed by atoms with van der Waals surface area (Å²) in [5.41, 5.74) is 0.151. The van der Waals surface area contributed by atoms with E-state index in [0.29, 0.717) is 43.5 Å². The minimum Gasteiger partial charge on any atom is -0.495 e. The van der Waals surface area contributed by atoms with Crippen LogP contribution in [0.4, 0.5) is 25.1 Å². The standard InChI is InChI=1S/C27H31F2N5O4/c1-27(2,3)38-26(36)34-13-10-20(11-14-34)37-19-8-6-18(7-9-19)32-24-22(5-4-12-30-24)33-25(35)23-21(29)15-17(28)16-31-23/h4-6,8,12,15-16,20H,7,9-11,13-14H2,1-3H3,(H,30,32)(H,33,35). The third kappa shape index (κ3) is 7.27. The van der Waals surface area contributed by atoms with E-state index < -0.39 is 28.8 Å². The summed E-state index contributed by atoms with van der Waals surface area (Å²) in [6, 6.07) is 3.85. The van der Waals surface area contributed by atoms with Crippen LogP contribution in [0.15, 0.2) is 54.2 Å². The molecular formula is C27H31F2N5O4. The molecule has 2 N–H and O–H groups in total. The molecule has 0 bridgehead atoms. The summed E-state index contributed by atoms with van der Waals surface area (Å²) in [5, 5.41) is 5.76. The molecule has 0 atom stereocenters. The van der Waals surface area contributed by atoms with Crippen LogP contribution in [-0.2, 0) is 9.47 Å². The maximum Gasteiger partial charge on any atom is 0.410 e. The fraction of sp³-hybridized carbons (Fsp3) is 0.407. The van der Waals surface area contributed by atoms with Crippen LogP contribution in [-0.4, -0.2) is 51.7 Å². The average molecular weight is 528 g/mol. The SMILES string of the molecule is CC(C)(C)OC(=O)N1CCC(OC2=CC=C(Nc3ncccc3NC(=O)c3ncc(F)cc3F)CC2)CC1. The molecular weight excluding hydrogens is 496 g/mol. The number of amides is 2. The fourth-order valence-corrected chi connectivity index (χ4v) is 4.04. The lowest BCUT2D eigenvalue weighted by molar-refractivity contribution is 0.00339. The first-order chi connectivity index (χ1) is 18.1. The van der Waals surface area contributed by atoms with Crippen LogP contribution in [0.5, 0.6) is 0 Å². The van der Waals surface area contributed by atoms with Crippen LogP contribution in [0.2, 0.25) is 0 Å². The van der Waals surface area contributed by atoms with Gasteiger partial charge in [-0.2, -0.15) is 0 Å². The van der Waals surface area contributed by atoms with E-state index in [0.717, 1.165) is 30.5 Å². The molecule has 4 rings (SSSR count). The van der Waals surface area contributed by atoms with E-state index in [1.165, 1.54) is 0 Å². The minimum absolute atomic E-state index is 0.0286. The van der Waals surface area contributed by atoms with Gasteiger partial charge in [-0.15, -0.1) is 0 Å². The van der Waals surface area contributed by atoms with E-state index in [9.17, 15) is 18.4 Å². The first kappa shape index (κ1) is 27.0. The maximum atomic E-state index is 14.0. The summed E-state index contributed by atoms with van der Waals surface area (Å²) in [4.78, 5) is 34.3. The molecule has 0 saturated carbocycles. The fourth-order valence-electron chi connectivity index (χ4n) is 4.04. The number of carbonyl (C=O) groups excluding carboxylic acids is 2. The number of pyridine rings is 2. The number of aromatic nitrogens is 2. The number of carbonyl (C=O) groups is 2. The topological polar surface area (TPSA) is 106 Å². The van der Waals surface area contributed by atoms with Crippen LogP contribution in [0.1, 0.15) is 56.9 Å².